The largest absolute Gasteiger partial charge is 0.357 e. The predicted octanol–water partition coefficient (Wildman–Crippen LogP) is 4.66. The molecule has 3 aromatic rings. The minimum absolute atomic E-state index is 0.00769. The predicted molar refractivity (Wildman–Crippen MR) is 143 cm³/mol. The number of amides is 2. The molecule has 1 atom stereocenters. The van der Waals surface area contributed by atoms with Crippen molar-refractivity contribution in [2.24, 2.45) is 0 Å². The van der Waals surface area contributed by atoms with E-state index >= 15 is 0 Å². The van der Waals surface area contributed by atoms with Crippen molar-refractivity contribution in [1.29, 1.82) is 0 Å². The van der Waals surface area contributed by atoms with Crippen molar-refractivity contribution in [2.75, 3.05) is 17.9 Å². The van der Waals surface area contributed by atoms with Crippen molar-refractivity contribution >= 4 is 50.7 Å². The molecule has 0 aliphatic heterocycles. The number of aryl methyl sites for hydroxylation is 1. The highest BCUT2D eigenvalue weighted by atomic mass is 35.5. The van der Waals surface area contributed by atoms with Crippen LogP contribution >= 0.6 is 23.2 Å². The van der Waals surface area contributed by atoms with Gasteiger partial charge in [-0.25, -0.2) is 8.42 Å². The second kappa shape index (κ2) is 11.8. The number of sulfonamides is 1. The second-order valence-corrected chi connectivity index (χ2v) is 10.9. The zero-order chi connectivity index (χ0) is 26.5. The standard InChI is InChI=1S/C26H27Cl2N3O4S/c1-18-9-11-20(12-10-18)16-30(19(2)26(33)29-3)25(32)17-31(21-13-14-23(27)24(28)15-21)36(34,35)22-7-5-4-6-8-22/h4-15,19H,16-17H2,1-3H3,(H,29,33). The average Bonchev–Trinajstić information content (AvgIpc) is 2.88. The van der Waals surface area contributed by atoms with Crippen LogP contribution in [0.2, 0.25) is 10.0 Å². The van der Waals surface area contributed by atoms with E-state index in [4.69, 9.17) is 23.2 Å². The van der Waals surface area contributed by atoms with Crippen LogP contribution in [-0.2, 0) is 26.2 Å². The van der Waals surface area contributed by atoms with Crippen LogP contribution in [0.5, 0.6) is 0 Å². The summed E-state index contributed by atoms with van der Waals surface area (Å²) in [5.41, 5.74) is 2.02. The van der Waals surface area contributed by atoms with Gasteiger partial charge < -0.3 is 10.2 Å². The number of hydrogen-bond acceptors (Lipinski definition) is 4. The van der Waals surface area contributed by atoms with Crippen LogP contribution < -0.4 is 9.62 Å². The van der Waals surface area contributed by atoms with E-state index in [-0.39, 0.29) is 33.1 Å². The molecule has 0 saturated carbocycles. The number of nitrogens with one attached hydrogen (secondary N) is 1. The Labute approximate surface area is 221 Å². The molecular weight excluding hydrogens is 521 g/mol. The molecule has 0 spiro atoms. The van der Waals surface area contributed by atoms with Gasteiger partial charge in [-0.1, -0.05) is 71.2 Å². The number of carbonyl (C=O) groups excluding carboxylic acids is 2. The van der Waals surface area contributed by atoms with Crippen molar-refractivity contribution in [3.8, 4) is 0 Å². The van der Waals surface area contributed by atoms with Gasteiger partial charge in [0, 0.05) is 13.6 Å². The number of nitrogens with zero attached hydrogens (tertiary/aromatic N) is 2. The molecule has 1 unspecified atom stereocenters. The molecule has 190 valence electrons. The number of benzene rings is 3. The van der Waals surface area contributed by atoms with E-state index < -0.39 is 28.5 Å². The smallest absolute Gasteiger partial charge is 0.264 e. The summed E-state index contributed by atoms with van der Waals surface area (Å²) in [4.78, 5) is 27.5. The van der Waals surface area contributed by atoms with E-state index in [9.17, 15) is 18.0 Å². The third-order valence-electron chi connectivity index (χ3n) is 5.69. The summed E-state index contributed by atoms with van der Waals surface area (Å²) in [7, 11) is -2.68. The maximum absolute atomic E-state index is 13.7. The Balaban J connectivity index is 2.04. The minimum Gasteiger partial charge on any atom is -0.357 e. The monoisotopic (exact) mass is 547 g/mol. The zero-order valence-corrected chi connectivity index (χ0v) is 22.4. The summed E-state index contributed by atoms with van der Waals surface area (Å²) in [5.74, 6) is -0.931. The Morgan fingerprint density at radius 1 is 0.944 bits per heavy atom. The Morgan fingerprint density at radius 2 is 1.58 bits per heavy atom. The van der Waals surface area contributed by atoms with Crippen molar-refractivity contribution in [3.05, 3.63) is 94.0 Å². The van der Waals surface area contributed by atoms with Crippen molar-refractivity contribution in [2.45, 2.75) is 31.3 Å². The van der Waals surface area contributed by atoms with Gasteiger partial charge in [0.25, 0.3) is 10.0 Å². The number of hydrogen-bond donors (Lipinski definition) is 1. The van der Waals surface area contributed by atoms with Gasteiger partial charge in [-0.15, -0.1) is 0 Å². The first-order valence-corrected chi connectivity index (χ1v) is 13.3. The van der Waals surface area contributed by atoms with Crippen molar-refractivity contribution < 1.29 is 18.0 Å². The van der Waals surface area contributed by atoms with Gasteiger partial charge >= 0.3 is 0 Å². The van der Waals surface area contributed by atoms with Gasteiger partial charge in [-0.05, 0) is 49.7 Å². The van der Waals surface area contributed by atoms with Crippen molar-refractivity contribution in [3.63, 3.8) is 0 Å². The van der Waals surface area contributed by atoms with E-state index in [0.717, 1.165) is 15.4 Å². The van der Waals surface area contributed by atoms with Crippen LogP contribution in [0.4, 0.5) is 5.69 Å². The highest BCUT2D eigenvalue weighted by Gasteiger charge is 2.32. The molecule has 0 aliphatic carbocycles. The third-order valence-corrected chi connectivity index (χ3v) is 8.22. The molecule has 3 rings (SSSR count). The lowest BCUT2D eigenvalue weighted by atomic mass is 10.1. The van der Waals surface area contributed by atoms with Crippen LogP contribution in [-0.4, -0.2) is 44.8 Å². The van der Waals surface area contributed by atoms with Gasteiger partial charge in [0.1, 0.15) is 12.6 Å². The summed E-state index contributed by atoms with van der Waals surface area (Å²) >= 11 is 12.2. The first kappa shape index (κ1) is 27.5. The molecule has 10 heteroatoms. The molecule has 0 aliphatic rings. The van der Waals surface area contributed by atoms with Gasteiger partial charge in [-0.2, -0.15) is 0 Å². The summed E-state index contributed by atoms with van der Waals surface area (Å²) in [6.07, 6.45) is 0. The van der Waals surface area contributed by atoms with Crippen LogP contribution in [0.3, 0.4) is 0 Å². The average molecular weight is 548 g/mol. The normalized spacial score (nSPS) is 12.0. The van der Waals surface area contributed by atoms with E-state index in [2.05, 4.69) is 5.32 Å². The number of anilines is 1. The minimum atomic E-state index is -4.16. The van der Waals surface area contributed by atoms with Crippen molar-refractivity contribution in [1.82, 2.24) is 10.2 Å². The Hall–Kier alpha value is -3.07. The number of likely N-dealkylation sites (N-methyl/N-ethyl adjacent to an activating group) is 1. The molecule has 0 saturated heterocycles. The molecule has 1 N–H and O–H groups in total. The maximum Gasteiger partial charge on any atom is 0.264 e. The first-order chi connectivity index (χ1) is 17.0. The molecule has 0 bridgehead atoms. The van der Waals surface area contributed by atoms with Gasteiger partial charge in [-0.3, -0.25) is 13.9 Å². The summed E-state index contributed by atoms with van der Waals surface area (Å²) in [6.45, 7) is 3.11. The van der Waals surface area contributed by atoms with Gasteiger partial charge in [0.05, 0.1) is 20.6 Å². The van der Waals surface area contributed by atoms with E-state index in [1.807, 2.05) is 31.2 Å². The molecule has 0 radical (unpaired) electrons. The number of halogens is 2. The number of rotatable bonds is 9. The lowest BCUT2D eigenvalue weighted by Crippen LogP contribution is -2.50. The topological polar surface area (TPSA) is 86.8 Å². The Morgan fingerprint density at radius 3 is 2.17 bits per heavy atom. The SMILES string of the molecule is CNC(=O)C(C)N(Cc1ccc(C)cc1)C(=O)CN(c1ccc(Cl)c(Cl)c1)S(=O)(=O)c1ccccc1. The lowest BCUT2D eigenvalue weighted by Gasteiger charge is -2.32. The second-order valence-electron chi connectivity index (χ2n) is 8.22. The van der Waals surface area contributed by atoms with Gasteiger partial charge in [0.2, 0.25) is 11.8 Å². The van der Waals surface area contributed by atoms with Crippen LogP contribution in [0.15, 0.2) is 77.7 Å². The van der Waals surface area contributed by atoms with E-state index in [1.165, 1.54) is 42.3 Å². The summed E-state index contributed by atoms with van der Waals surface area (Å²) in [5, 5.41) is 2.94. The maximum atomic E-state index is 13.7. The fourth-order valence-electron chi connectivity index (χ4n) is 3.57. The van der Waals surface area contributed by atoms with E-state index in [0.29, 0.717) is 0 Å². The first-order valence-electron chi connectivity index (χ1n) is 11.1. The molecule has 36 heavy (non-hydrogen) atoms. The Bertz CT molecular complexity index is 1330. The summed E-state index contributed by atoms with van der Waals surface area (Å²) in [6, 6.07) is 18.8. The summed E-state index contributed by atoms with van der Waals surface area (Å²) < 4.78 is 28.3. The van der Waals surface area contributed by atoms with E-state index in [1.54, 1.807) is 25.1 Å². The molecule has 3 aromatic carbocycles. The quantitative estimate of drug-likeness (QED) is 0.422. The van der Waals surface area contributed by atoms with Crippen LogP contribution in [0.1, 0.15) is 18.1 Å². The Kier molecular flexibility index (Phi) is 9.00. The highest BCUT2D eigenvalue weighted by Crippen LogP contribution is 2.30. The molecule has 2 amide bonds. The fourth-order valence-corrected chi connectivity index (χ4v) is 5.29. The molecule has 7 nitrogen and oxygen atoms in total. The van der Waals surface area contributed by atoms with Gasteiger partial charge in [0.15, 0.2) is 0 Å². The molecule has 0 fully saturated rings. The number of carbonyl (C=O) groups is 2. The van der Waals surface area contributed by atoms with Crippen LogP contribution in [0, 0.1) is 6.92 Å². The van der Waals surface area contributed by atoms with Crippen LogP contribution in [0.25, 0.3) is 0 Å². The lowest BCUT2D eigenvalue weighted by molar-refractivity contribution is -0.139. The highest BCUT2D eigenvalue weighted by molar-refractivity contribution is 7.92. The molecular formula is C26H27Cl2N3O4S. The zero-order valence-electron chi connectivity index (χ0n) is 20.1. The molecule has 0 aromatic heterocycles. The third kappa shape index (κ3) is 6.37. The molecule has 0 heterocycles. The fraction of sp³-hybridized carbons (Fsp3) is 0.231.